The Morgan fingerprint density at radius 1 is 1.29 bits per heavy atom. The first-order valence-corrected chi connectivity index (χ1v) is 6.83. The summed E-state index contributed by atoms with van der Waals surface area (Å²) in [5, 5.41) is 0. The van der Waals surface area contributed by atoms with Crippen LogP contribution in [0.1, 0.15) is 12.8 Å². The smallest absolute Gasteiger partial charge is 0.104 e. The van der Waals surface area contributed by atoms with Crippen molar-refractivity contribution in [2.45, 2.75) is 36.7 Å². The van der Waals surface area contributed by atoms with Gasteiger partial charge in [-0.1, -0.05) is 0 Å². The van der Waals surface area contributed by atoms with Crippen LogP contribution in [0.4, 0.5) is 0 Å². The van der Waals surface area contributed by atoms with Crippen molar-refractivity contribution in [1.29, 1.82) is 0 Å². The molecule has 0 aromatic rings. The summed E-state index contributed by atoms with van der Waals surface area (Å²) in [5.41, 5.74) is 0.875. The lowest BCUT2D eigenvalue weighted by Gasteiger charge is -2.23. The van der Waals surface area contributed by atoms with Gasteiger partial charge in [-0.15, -0.1) is 0 Å². The molecule has 0 radical (unpaired) electrons. The van der Waals surface area contributed by atoms with Gasteiger partial charge >= 0.3 is 0 Å². The summed E-state index contributed by atoms with van der Waals surface area (Å²) in [4.78, 5) is 0. The number of hydrogen-bond acceptors (Lipinski definition) is 3. The normalized spacial score (nSPS) is 50.1. The maximum Gasteiger partial charge on any atom is 0.104 e. The maximum absolute atomic E-state index is 5.89. The first kappa shape index (κ1) is 9.33. The predicted octanol–water partition coefficient (Wildman–Crippen LogP) is -0.267. The van der Waals surface area contributed by atoms with Crippen molar-refractivity contribution < 1.29 is 14.2 Å². The van der Waals surface area contributed by atoms with Crippen LogP contribution in [0.2, 0.25) is 5.54 Å². The summed E-state index contributed by atoms with van der Waals surface area (Å²) in [6.07, 6.45) is 4.05. The van der Waals surface area contributed by atoms with Gasteiger partial charge in [0.2, 0.25) is 0 Å². The lowest BCUT2D eigenvalue weighted by molar-refractivity contribution is 0.0462. The van der Waals surface area contributed by atoms with Gasteiger partial charge in [0.05, 0.1) is 32.0 Å². The van der Waals surface area contributed by atoms with Crippen LogP contribution in [0, 0.1) is 5.92 Å². The molecule has 0 aliphatic carbocycles. The topological polar surface area (TPSA) is 31.0 Å². The van der Waals surface area contributed by atoms with Gasteiger partial charge < -0.3 is 14.2 Å². The van der Waals surface area contributed by atoms with E-state index in [-0.39, 0.29) is 0 Å². The lowest BCUT2D eigenvalue weighted by atomic mass is 9.89. The summed E-state index contributed by atoms with van der Waals surface area (Å²) in [6.45, 7) is 2.58. The Hall–Kier alpha value is 0.0969. The van der Waals surface area contributed by atoms with E-state index in [1.54, 1.807) is 0 Å². The Labute approximate surface area is 87.5 Å². The molecule has 2 bridgehead atoms. The van der Waals surface area contributed by atoms with Crippen molar-refractivity contribution in [3.8, 4) is 0 Å². The fourth-order valence-corrected chi connectivity index (χ4v) is 4.07. The third kappa shape index (κ3) is 1.76. The molecule has 0 spiro atoms. The molecule has 3 rings (SSSR count). The molecule has 3 aliphatic rings. The van der Waals surface area contributed by atoms with Crippen LogP contribution in [0.5, 0.6) is 0 Å². The molecule has 0 aromatic heterocycles. The van der Waals surface area contributed by atoms with Crippen molar-refractivity contribution in [3.05, 3.63) is 0 Å². The van der Waals surface area contributed by atoms with E-state index in [4.69, 9.17) is 14.2 Å². The van der Waals surface area contributed by atoms with Crippen LogP contribution in [0.15, 0.2) is 0 Å². The van der Waals surface area contributed by atoms with Crippen molar-refractivity contribution in [3.63, 3.8) is 0 Å². The number of fused-ring (bicyclic) bond motifs is 2. The van der Waals surface area contributed by atoms with Gasteiger partial charge in [0.1, 0.15) is 6.10 Å². The molecule has 5 atom stereocenters. The molecule has 0 aromatic carbocycles. The first-order chi connectivity index (χ1) is 6.83. The second-order valence-corrected chi connectivity index (χ2v) is 6.41. The van der Waals surface area contributed by atoms with Gasteiger partial charge in [0, 0.05) is 16.2 Å². The minimum Gasteiger partial charge on any atom is -0.378 e. The van der Waals surface area contributed by atoms with Crippen LogP contribution in [0.3, 0.4) is 0 Å². The van der Waals surface area contributed by atoms with E-state index in [0.717, 1.165) is 25.4 Å². The van der Waals surface area contributed by atoms with Crippen molar-refractivity contribution >= 4 is 10.2 Å². The van der Waals surface area contributed by atoms with E-state index in [9.17, 15) is 0 Å². The average molecular weight is 214 g/mol. The van der Waals surface area contributed by atoms with Gasteiger partial charge in [-0.2, -0.15) is 0 Å². The van der Waals surface area contributed by atoms with E-state index in [1.165, 1.54) is 23.1 Å². The number of rotatable bonds is 4. The maximum atomic E-state index is 5.89. The zero-order chi connectivity index (χ0) is 9.54. The van der Waals surface area contributed by atoms with Crippen LogP contribution in [0.25, 0.3) is 0 Å². The molecule has 3 saturated heterocycles. The molecule has 3 heterocycles. The van der Waals surface area contributed by atoms with Gasteiger partial charge in [0.25, 0.3) is 0 Å². The Balaban J connectivity index is 1.44. The minimum absolute atomic E-state index is 0.404. The molecule has 3 aliphatic heterocycles. The van der Waals surface area contributed by atoms with E-state index < -0.39 is 0 Å². The van der Waals surface area contributed by atoms with Crippen molar-refractivity contribution in [1.82, 2.24) is 0 Å². The zero-order valence-corrected chi connectivity index (χ0v) is 10.6. The Morgan fingerprint density at radius 3 is 2.79 bits per heavy atom. The molecular weight excluding hydrogens is 196 g/mol. The third-order valence-corrected chi connectivity index (χ3v) is 4.74. The number of hydrogen-bond donors (Lipinski definition) is 0. The second-order valence-electron chi connectivity index (χ2n) is 4.92. The largest absolute Gasteiger partial charge is 0.378 e. The summed E-state index contributed by atoms with van der Waals surface area (Å²) < 4.78 is 16.7. The molecule has 4 heteroatoms. The highest BCUT2D eigenvalue weighted by Gasteiger charge is 2.45. The Bertz CT molecular complexity index is 219. The SMILES string of the molecule is [SiH3]C1CC2CC(COCC3CO3)C1O2. The van der Waals surface area contributed by atoms with Crippen LogP contribution in [-0.2, 0) is 14.2 Å². The highest BCUT2D eigenvalue weighted by Crippen LogP contribution is 2.44. The van der Waals surface area contributed by atoms with Crippen LogP contribution < -0.4 is 0 Å². The molecule has 0 amide bonds. The number of epoxide rings is 1. The molecule has 3 nitrogen and oxygen atoms in total. The highest BCUT2D eigenvalue weighted by molar-refractivity contribution is 6.12. The molecule has 3 fully saturated rings. The fraction of sp³-hybridized carbons (Fsp3) is 1.00. The predicted molar refractivity (Wildman–Crippen MR) is 55.6 cm³/mol. The molecule has 80 valence electrons. The monoisotopic (exact) mass is 214 g/mol. The third-order valence-electron chi connectivity index (χ3n) is 3.61. The average Bonchev–Trinajstić information content (AvgIpc) is 2.79. The lowest BCUT2D eigenvalue weighted by Crippen LogP contribution is -2.26. The van der Waals surface area contributed by atoms with Crippen LogP contribution >= 0.6 is 0 Å². The highest BCUT2D eigenvalue weighted by atomic mass is 28.1. The molecule has 0 N–H and O–H groups in total. The molecule has 14 heavy (non-hydrogen) atoms. The molecule has 5 unspecified atom stereocenters. The van der Waals surface area contributed by atoms with E-state index in [1.807, 2.05) is 0 Å². The van der Waals surface area contributed by atoms with E-state index in [2.05, 4.69) is 0 Å². The van der Waals surface area contributed by atoms with Crippen molar-refractivity contribution in [2.24, 2.45) is 5.92 Å². The molecular formula is C10H18O3Si. The summed E-state index contributed by atoms with van der Waals surface area (Å²) in [7, 11) is 1.28. The van der Waals surface area contributed by atoms with Gasteiger partial charge in [-0.25, -0.2) is 0 Å². The van der Waals surface area contributed by atoms with Gasteiger partial charge in [-0.3, -0.25) is 0 Å². The first-order valence-electron chi connectivity index (χ1n) is 5.67. The minimum atomic E-state index is 0.404. The summed E-state index contributed by atoms with van der Waals surface area (Å²) in [6, 6.07) is 0. The second kappa shape index (κ2) is 3.59. The molecule has 0 saturated carbocycles. The van der Waals surface area contributed by atoms with Crippen LogP contribution in [-0.4, -0.2) is 48.4 Å². The standard InChI is InChI=1S/C10H18O3Si/c14-9-2-7-1-6(10(9)13-7)3-11-4-8-5-12-8/h6-10H,1-5H2,14H3. The zero-order valence-electron chi connectivity index (χ0n) is 8.65. The van der Waals surface area contributed by atoms with Crippen molar-refractivity contribution in [2.75, 3.05) is 19.8 Å². The fourth-order valence-electron chi connectivity index (χ4n) is 2.84. The van der Waals surface area contributed by atoms with Gasteiger partial charge in [0.15, 0.2) is 0 Å². The summed E-state index contributed by atoms with van der Waals surface area (Å²) >= 11 is 0. The Kier molecular flexibility index (Phi) is 2.39. The number of ether oxygens (including phenoxy) is 3. The summed E-state index contributed by atoms with van der Waals surface area (Å²) in [5.74, 6) is 0.676. The quantitative estimate of drug-likeness (QED) is 0.477. The Morgan fingerprint density at radius 2 is 2.14 bits per heavy atom. The van der Waals surface area contributed by atoms with Gasteiger partial charge in [-0.05, 0) is 18.4 Å². The van der Waals surface area contributed by atoms with E-state index >= 15 is 0 Å². The van der Waals surface area contributed by atoms with E-state index in [0.29, 0.717) is 24.2 Å².